The molecule has 0 saturated carbocycles. The Morgan fingerprint density at radius 2 is 2.06 bits per heavy atom. The predicted octanol–water partition coefficient (Wildman–Crippen LogP) is 2.76. The van der Waals surface area contributed by atoms with E-state index < -0.39 is 11.5 Å². The number of carboxylic acids is 1. The third-order valence-electron chi connectivity index (χ3n) is 2.93. The molecule has 0 spiro atoms. The van der Waals surface area contributed by atoms with Crippen LogP contribution in [0.1, 0.15) is 19.8 Å². The normalized spacial score (nSPS) is 14.2. The predicted molar refractivity (Wildman–Crippen MR) is 71.5 cm³/mol. The second kappa shape index (κ2) is 6.75. The van der Waals surface area contributed by atoms with E-state index in [0.29, 0.717) is 6.42 Å². The maximum absolute atomic E-state index is 12.7. The molecule has 5 heteroatoms. The molecule has 0 aliphatic rings. The second-order valence-corrected chi connectivity index (χ2v) is 5.46. The fourth-order valence-corrected chi connectivity index (χ4v) is 2.34. The average molecular weight is 271 g/mol. The first-order chi connectivity index (χ1) is 8.48. The van der Waals surface area contributed by atoms with Crippen molar-refractivity contribution < 1.29 is 14.3 Å². The van der Waals surface area contributed by atoms with Gasteiger partial charge in [0.15, 0.2) is 0 Å². The number of hydrogen-bond donors (Lipinski definition) is 2. The van der Waals surface area contributed by atoms with Crippen molar-refractivity contribution >= 4 is 17.7 Å². The molecule has 0 amide bonds. The van der Waals surface area contributed by atoms with E-state index in [1.807, 2.05) is 0 Å². The summed E-state index contributed by atoms with van der Waals surface area (Å²) >= 11 is 1.60. The van der Waals surface area contributed by atoms with Gasteiger partial charge in [-0.05, 0) is 56.8 Å². The molecule has 1 aromatic rings. The van der Waals surface area contributed by atoms with Crippen molar-refractivity contribution in [3.8, 4) is 0 Å². The van der Waals surface area contributed by atoms with Crippen LogP contribution in [0.3, 0.4) is 0 Å². The number of aliphatic carboxylic acids is 1. The van der Waals surface area contributed by atoms with E-state index in [2.05, 4.69) is 5.32 Å². The Hall–Kier alpha value is -1.07. The van der Waals surface area contributed by atoms with E-state index in [0.717, 1.165) is 17.1 Å². The lowest BCUT2D eigenvalue weighted by molar-refractivity contribution is -0.144. The third-order valence-corrected chi connectivity index (χ3v) is 4.03. The molecule has 0 fully saturated rings. The Bertz CT molecular complexity index is 396. The van der Waals surface area contributed by atoms with Gasteiger partial charge in [-0.15, -0.1) is 11.8 Å². The summed E-state index contributed by atoms with van der Waals surface area (Å²) in [6.07, 6.45) is 1.35. The van der Waals surface area contributed by atoms with Gasteiger partial charge in [0.1, 0.15) is 11.4 Å². The quantitative estimate of drug-likeness (QED) is 0.591. The van der Waals surface area contributed by atoms with E-state index in [1.54, 1.807) is 37.9 Å². The van der Waals surface area contributed by atoms with Gasteiger partial charge in [-0.1, -0.05) is 0 Å². The van der Waals surface area contributed by atoms with Crippen molar-refractivity contribution in [1.82, 2.24) is 5.32 Å². The van der Waals surface area contributed by atoms with Gasteiger partial charge in [0.25, 0.3) is 0 Å². The highest BCUT2D eigenvalue weighted by molar-refractivity contribution is 7.99. The molecular weight excluding hydrogens is 253 g/mol. The van der Waals surface area contributed by atoms with Crippen molar-refractivity contribution in [1.29, 1.82) is 0 Å². The topological polar surface area (TPSA) is 49.3 Å². The number of benzene rings is 1. The molecule has 1 aromatic carbocycles. The van der Waals surface area contributed by atoms with Crippen LogP contribution < -0.4 is 5.32 Å². The van der Waals surface area contributed by atoms with Crippen LogP contribution in [0, 0.1) is 5.82 Å². The zero-order valence-electron chi connectivity index (χ0n) is 10.6. The molecule has 0 heterocycles. The summed E-state index contributed by atoms with van der Waals surface area (Å²) in [5.74, 6) is -0.263. The lowest BCUT2D eigenvalue weighted by Crippen LogP contribution is -2.47. The number of nitrogens with one attached hydrogen (secondary N) is 1. The summed E-state index contributed by atoms with van der Waals surface area (Å²) in [5.41, 5.74) is -0.872. The summed E-state index contributed by atoms with van der Waals surface area (Å²) in [5, 5.41) is 11.9. The van der Waals surface area contributed by atoms with Gasteiger partial charge in [0.05, 0.1) is 0 Å². The standard InChI is InChI=1S/C13H18FNO2S/c1-13(15-2,12(16)17)8-3-9-18-11-6-4-10(14)5-7-11/h4-7,15H,3,8-9H2,1-2H3,(H,16,17). The minimum Gasteiger partial charge on any atom is -0.480 e. The fraction of sp³-hybridized carbons (Fsp3) is 0.462. The number of hydrogen-bond acceptors (Lipinski definition) is 3. The van der Waals surface area contributed by atoms with Crippen molar-refractivity contribution in [3.63, 3.8) is 0 Å². The van der Waals surface area contributed by atoms with Crippen LogP contribution in [-0.4, -0.2) is 29.4 Å². The van der Waals surface area contributed by atoms with Gasteiger partial charge < -0.3 is 10.4 Å². The zero-order valence-corrected chi connectivity index (χ0v) is 11.4. The van der Waals surface area contributed by atoms with E-state index in [-0.39, 0.29) is 5.82 Å². The smallest absolute Gasteiger partial charge is 0.323 e. The summed E-state index contributed by atoms with van der Waals surface area (Å²) < 4.78 is 12.7. The van der Waals surface area contributed by atoms with Gasteiger partial charge in [0, 0.05) is 4.90 Å². The SMILES string of the molecule is CNC(C)(CCCSc1ccc(F)cc1)C(=O)O. The average Bonchev–Trinajstić information content (AvgIpc) is 2.36. The molecule has 1 unspecified atom stereocenters. The van der Waals surface area contributed by atoms with Crippen LogP contribution in [0.5, 0.6) is 0 Å². The Morgan fingerprint density at radius 3 is 2.56 bits per heavy atom. The summed E-state index contributed by atoms with van der Waals surface area (Å²) in [7, 11) is 1.65. The largest absolute Gasteiger partial charge is 0.480 e. The summed E-state index contributed by atoms with van der Waals surface area (Å²) in [4.78, 5) is 12.0. The van der Waals surface area contributed by atoms with Crippen LogP contribution in [0.15, 0.2) is 29.2 Å². The minimum absolute atomic E-state index is 0.243. The van der Waals surface area contributed by atoms with E-state index in [1.165, 1.54) is 12.1 Å². The molecule has 0 radical (unpaired) electrons. The highest BCUT2D eigenvalue weighted by atomic mass is 32.2. The maximum atomic E-state index is 12.7. The van der Waals surface area contributed by atoms with Crippen LogP contribution in [0.4, 0.5) is 4.39 Å². The molecule has 0 aromatic heterocycles. The van der Waals surface area contributed by atoms with E-state index in [4.69, 9.17) is 5.11 Å². The Balaban J connectivity index is 2.34. The number of likely N-dealkylation sites (N-methyl/N-ethyl adjacent to an activating group) is 1. The molecule has 18 heavy (non-hydrogen) atoms. The van der Waals surface area contributed by atoms with Crippen molar-refractivity contribution in [2.24, 2.45) is 0 Å². The second-order valence-electron chi connectivity index (χ2n) is 4.29. The van der Waals surface area contributed by atoms with Crippen LogP contribution in [0.2, 0.25) is 0 Å². The third kappa shape index (κ3) is 4.31. The van der Waals surface area contributed by atoms with Gasteiger partial charge >= 0.3 is 5.97 Å². The monoisotopic (exact) mass is 271 g/mol. The molecule has 100 valence electrons. The number of rotatable bonds is 7. The molecule has 0 saturated heterocycles. The van der Waals surface area contributed by atoms with Gasteiger partial charge in [-0.3, -0.25) is 4.79 Å². The van der Waals surface area contributed by atoms with Gasteiger partial charge in [-0.2, -0.15) is 0 Å². The first-order valence-corrected chi connectivity index (χ1v) is 6.77. The molecule has 2 N–H and O–H groups in total. The Kier molecular flexibility index (Phi) is 5.62. The van der Waals surface area contributed by atoms with Crippen molar-refractivity contribution in [2.45, 2.75) is 30.2 Å². The van der Waals surface area contributed by atoms with Crippen LogP contribution in [0.25, 0.3) is 0 Å². The van der Waals surface area contributed by atoms with Gasteiger partial charge in [0.2, 0.25) is 0 Å². The lowest BCUT2D eigenvalue weighted by Gasteiger charge is -2.23. The molecule has 0 aliphatic heterocycles. The highest BCUT2D eigenvalue weighted by Gasteiger charge is 2.30. The Morgan fingerprint density at radius 1 is 1.44 bits per heavy atom. The maximum Gasteiger partial charge on any atom is 0.323 e. The first-order valence-electron chi connectivity index (χ1n) is 5.78. The molecule has 0 bridgehead atoms. The molecule has 0 aliphatic carbocycles. The number of carbonyl (C=O) groups is 1. The molecule has 3 nitrogen and oxygen atoms in total. The lowest BCUT2D eigenvalue weighted by atomic mass is 9.97. The number of thioether (sulfide) groups is 1. The van der Waals surface area contributed by atoms with E-state index >= 15 is 0 Å². The van der Waals surface area contributed by atoms with Gasteiger partial charge in [-0.25, -0.2) is 4.39 Å². The molecule has 1 atom stereocenters. The first kappa shape index (κ1) is 15.0. The molecule has 1 rings (SSSR count). The van der Waals surface area contributed by atoms with Crippen LogP contribution >= 0.6 is 11.8 Å². The minimum atomic E-state index is -0.872. The Labute approximate surface area is 111 Å². The van der Waals surface area contributed by atoms with Crippen molar-refractivity contribution in [3.05, 3.63) is 30.1 Å². The molecular formula is C13H18FNO2S. The fourth-order valence-electron chi connectivity index (χ4n) is 1.49. The number of carboxylic acid groups (broad SMARTS) is 1. The number of halogens is 1. The van der Waals surface area contributed by atoms with E-state index in [9.17, 15) is 9.18 Å². The zero-order chi connectivity index (χ0) is 13.6. The van der Waals surface area contributed by atoms with Crippen LogP contribution in [-0.2, 0) is 4.79 Å². The van der Waals surface area contributed by atoms with Crippen molar-refractivity contribution in [2.75, 3.05) is 12.8 Å². The summed E-state index contributed by atoms with van der Waals surface area (Å²) in [6, 6.07) is 6.32. The highest BCUT2D eigenvalue weighted by Crippen LogP contribution is 2.21. The summed E-state index contributed by atoms with van der Waals surface area (Å²) in [6.45, 7) is 1.68.